The highest BCUT2D eigenvalue weighted by Gasteiger charge is 2.24. The van der Waals surface area contributed by atoms with E-state index in [2.05, 4.69) is 32.5 Å². The topological polar surface area (TPSA) is 104 Å². The Balaban J connectivity index is 1.76. The van der Waals surface area contributed by atoms with Gasteiger partial charge < -0.3 is 15.5 Å². The number of piperidine rings is 1. The van der Waals surface area contributed by atoms with Gasteiger partial charge in [0.25, 0.3) is 5.91 Å². The van der Waals surface area contributed by atoms with Crippen molar-refractivity contribution in [3.05, 3.63) is 53.3 Å². The number of rotatable bonds is 7. The van der Waals surface area contributed by atoms with Gasteiger partial charge in [0.15, 0.2) is 5.82 Å². The largest absolute Gasteiger partial charge is 0.508 e. The third kappa shape index (κ3) is 4.92. The molecule has 34 heavy (non-hydrogen) atoms. The average Bonchev–Trinajstić information content (AvgIpc) is 3.25. The fraction of sp³-hybridized carbons (Fsp3) is 0.423. The first-order valence-corrected chi connectivity index (χ1v) is 12.0. The first-order valence-electron chi connectivity index (χ1n) is 12.0. The van der Waals surface area contributed by atoms with E-state index in [0.717, 1.165) is 25.3 Å². The number of nitrogens with zero attached hydrogens (tertiary/aromatic N) is 4. The molecule has 180 valence electrons. The number of carbonyl (C=O) groups is 1. The maximum atomic E-state index is 12.8. The third-order valence-electron chi connectivity index (χ3n) is 6.26. The molecule has 0 bridgehead atoms. The van der Waals surface area contributed by atoms with E-state index in [0.29, 0.717) is 23.5 Å². The van der Waals surface area contributed by atoms with Gasteiger partial charge in [-0.05, 0) is 68.1 Å². The van der Waals surface area contributed by atoms with Gasteiger partial charge in [-0.1, -0.05) is 32.4 Å². The first-order chi connectivity index (χ1) is 16.4. The zero-order chi connectivity index (χ0) is 24.2. The Kier molecular flexibility index (Phi) is 7.17. The lowest BCUT2D eigenvalue weighted by atomic mass is 9.98. The zero-order valence-corrected chi connectivity index (χ0v) is 20.1. The fourth-order valence-electron chi connectivity index (χ4n) is 4.45. The SMILES string of the molecule is CCNC(=O)c1nnc(-c2cc(C(C)C)c(O)cc2O)n1-c1ccc(CN2CCCCC2)cc1. The number of phenolic OH excluding ortho intramolecular Hbond substituents is 2. The van der Waals surface area contributed by atoms with Crippen LogP contribution in [0.15, 0.2) is 36.4 Å². The number of carbonyl (C=O) groups excluding carboxylic acids is 1. The molecule has 8 heteroatoms. The molecular weight excluding hydrogens is 430 g/mol. The summed E-state index contributed by atoms with van der Waals surface area (Å²) in [7, 11) is 0. The number of aromatic nitrogens is 3. The summed E-state index contributed by atoms with van der Waals surface area (Å²) in [6.45, 7) is 9.36. The molecule has 1 saturated heterocycles. The highest BCUT2D eigenvalue weighted by atomic mass is 16.3. The van der Waals surface area contributed by atoms with Crippen molar-refractivity contribution in [2.45, 2.75) is 52.5 Å². The Morgan fingerprint density at radius 1 is 1.03 bits per heavy atom. The molecule has 0 aliphatic carbocycles. The van der Waals surface area contributed by atoms with Crippen LogP contribution in [0.1, 0.15) is 67.7 Å². The number of hydrogen-bond donors (Lipinski definition) is 3. The van der Waals surface area contributed by atoms with Gasteiger partial charge in [0, 0.05) is 24.8 Å². The van der Waals surface area contributed by atoms with Crippen molar-refractivity contribution in [2.75, 3.05) is 19.6 Å². The predicted molar refractivity (Wildman–Crippen MR) is 131 cm³/mol. The standard InChI is InChI=1S/C26H33N5O3/c1-4-27-26(34)25-29-28-24(21-14-20(17(2)3)22(32)15-23(21)33)31(25)19-10-8-18(9-11-19)16-30-12-6-5-7-13-30/h8-11,14-15,17,32-33H,4-7,12-13,16H2,1-3H3,(H,27,34). The molecule has 0 radical (unpaired) electrons. The summed E-state index contributed by atoms with van der Waals surface area (Å²) < 4.78 is 1.66. The van der Waals surface area contributed by atoms with Crippen LogP contribution in [0.5, 0.6) is 11.5 Å². The van der Waals surface area contributed by atoms with Gasteiger partial charge in [0.2, 0.25) is 5.82 Å². The van der Waals surface area contributed by atoms with Gasteiger partial charge in [-0.3, -0.25) is 14.3 Å². The maximum Gasteiger partial charge on any atom is 0.289 e. The van der Waals surface area contributed by atoms with Crippen LogP contribution in [0.25, 0.3) is 17.1 Å². The van der Waals surface area contributed by atoms with Gasteiger partial charge >= 0.3 is 0 Å². The van der Waals surface area contributed by atoms with Crippen molar-refractivity contribution in [3.63, 3.8) is 0 Å². The van der Waals surface area contributed by atoms with E-state index < -0.39 is 0 Å². The van der Waals surface area contributed by atoms with Gasteiger partial charge in [-0.15, -0.1) is 10.2 Å². The molecule has 1 amide bonds. The lowest BCUT2D eigenvalue weighted by molar-refractivity contribution is 0.0943. The molecule has 0 unspecified atom stereocenters. The normalized spacial score (nSPS) is 14.5. The molecule has 2 aromatic carbocycles. The molecule has 1 fully saturated rings. The van der Waals surface area contributed by atoms with Crippen LogP contribution in [0.2, 0.25) is 0 Å². The molecule has 3 aromatic rings. The van der Waals surface area contributed by atoms with Crippen molar-refractivity contribution in [1.82, 2.24) is 25.0 Å². The molecule has 0 spiro atoms. The number of hydrogen-bond acceptors (Lipinski definition) is 6. The molecule has 4 rings (SSSR count). The van der Waals surface area contributed by atoms with Crippen molar-refractivity contribution < 1.29 is 15.0 Å². The number of amides is 1. The van der Waals surface area contributed by atoms with E-state index in [9.17, 15) is 15.0 Å². The van der Waals surface area contributed by atoms with Crippen LogP contribution in [-0.2, 0) is 6.54 Å². The molecule has 1 aromatic heterocycles. The average molecular weight is 464 g/mol. The van der Waals surface area contributed by atoms with Crippen LogP contribution in [0.4, 0.5) is 0 Å². The van der Waals surface area contributed by atoms with E-state index in [4.69, 9.17) is 0 Å². The second kappa shape index (κ2) is 10.3. The number of benzene rings is 2. The van der Waals surface area contributed by atoms with E-state index in [1.165, 1.54) is 30.9 Å². The van der Waals surface area contributed by atoms with Crippen LogP contribution in [0.3, 0.4) is 0 Å². The summed E-state index contributed by atoms with van der Waals surface area (Å²) in [4.78, 5) is 15.2. The number of phenols is 2. The molecule has 0 atom stereocenters. The van der Waals surface area contributed by atoms with Crippen molar-refractivity contribution in [1.29, 1.82) is 0 Å². The molecule has 1 aliphatic rings. The summed E-state index contributed by atoms with van der Waals surface area (Å²) >= 11 is 0. The predicted octanol–water partition coefficient (Wildman–Crippen LogP) is 4.20. The summed E-state index contributed by atoms with van der Waals surface area (Å²) in [5.41, 5.74) is 3.01. The molecule has 0 saturated carbocycles. The Labute approximate surface area is 200 Å². The van der Waals surface area contributed by atoms with Crippen molar-refractivity contribution in [2.24, 2.45) is 0 Å². The number of nitrogens with one attached hydrogen (secondary N) is 1. The van der Waals surface area contributed by atoms with Crippen LogP contribution >= 0.6 is 0 Å². The van der Waals surface area contributed by atoms with Gasteiger partial charge in [0.1, 0.15) is 11.5 Å². The Bertz CT molecular complexity index is 1150. The minimum absolute atomic E-state index is 0.0216. The number of aromatic hydroxyl groups is 2. The maximum absolute atomic E-state index is 12.8. The Morgan fingerprint density at radius 2 is 1.74 bits per heavy atom. The lowest BCUT2D eigenvalue weighted by Crippen LogP contribution is -2.29. The molecule has 8 nitrogen and oxygen atoms in total. The van der Waals surface area contributed by atoms with Crippen molar-refractivity contribution >= 4 is 5.91 Å². The van der Waals surface area contributed by atoms with E-state index in [1.807, 2.05) is 32.9 Å². The van der Waals surface area contributed by atoms with E-state index in [-0.39, 0.29) is 29.1 Å². The second-order valence-corrected chi connectivity index (χ2v) is 9.13. The summed E-state index contributed by atoms with van der Waals surface area (Å²) in [5, 5.41) is 32.2. The van der Waals surface area contributed by atoms with Crippen molar-refractivity contribution in [3.8, 4) is 28.6 Å². The van der Waals surface area contributed by atoms with E-state index in [1.54, 1.807) is 10.6 Å². The molecular formula is C26H33N5O3. The van der Waals surface area contributed by atoms with Crippen LogP contribution in [-0.4, -0.2) is 55.4 Å². The lowest BCUT2D eigenvalue weighted by Gasteiger charge is -2.26. The third-order valence-corrected chi connectivity index (χ3v) is 6.26. The summed E-state index contributed by atoms with van der Waals surface area (Å²) in [5.74, 6) is 0.0605. The smallest absolute Gasteiger partial charge is 0.289 e. The summed E-state index contributed by atoms with van der Waals surface area (Å²) in [6.07, 6.45) is 3.79. The highest BCUT2D eigenvalue weighted by molar-refractivity contribution is 5.92. The zero-order valence-electron chi connectivity index (χ0n) is 20.1. The van der Waals surface area contributed by atoms with Crippen LogP contribution < -0.4 is 5.32 Å². The monoisotopic (exact) mass is 463 g/mol. The van der Waals surface area contributed by atoms with Crippen LogP contribution in [0, 0.1) is 0 Å². The fourth-order valence-corrected chi connectivity index (χ4v) is 4.45. The van der Waals surface area contributed by atoms with Gasteiger partial charge in [0.05, 0.1) is 5.56 Å². The second-order valence-electron chi connectivity index (χ2n) is 9.13. The molecule has 1 aliphatic heterocycles. The Hall–Kier alpha value is -3.39. The quantitative estimate of drug-likeness (QED) is 0.485. The molecule has 3 N–H and O–H groups in total. The molecule has 2 heterocycles. The van der Waals surface area contributed by atoms with Gasteiger partial charge in [-0.2, -0.15) is 0 Å². The minimum atomic E-state index is -0.346. The minimum Gasteiger partial charge on any atom is -0.508 e. The highest BCUT2D eigenvalue weighted by Crippen LogP contribution is 2.38. The summed E-state index contributed by atoms with van der Waals surface area (Å²) in [6, 6.07) is 11.1. The van der Waals surface area contributed by atoms with Gasteiger partial charge in [-0.25, -0.2) is 0 Å². The first kappa shape index (κ1) is 23.8. The number of likely N-dealkylation sites (tertiary alicyclic amines) is 1. The Morgan fingerprint density at radius 3 is 2.38 bits per heavy atom. The van der Waals surface area contributed by atoms with E-state index >= 15 is 0 Å².